The molecule has 2 aromatic carbocycles. The van der Waals surface area contributed by atoms with Crippen molar-refractivity contribution < 1.29 is 14.6 Å². The molecule has 0 atom stereocenters. The molecule has 0 fully saturated rings. The van der Waals surface area contributed by atoms with Crippen molar-refractivity contribution in [1.82, 2.24) is 0 Å². The fraction of sp³-hybridized carbons (Fsp3) is 0.200. The van der Waals surface area contributed by atoms with Gasteiger partial charge in [0.25, 0.3) is 0 Å². The zero-order valence-electron chi connectivity index (χ0n) is 10.5. The van der Waals surface area contributed by atoms with E-state index in [4.69, 9.17) is 9.47 Å². The van der Waals surface area contributed by atoms with Gasteiger partial charge in [-0.3, -0.25) is 0 Å². The van der Waals surface area contributed by atoms with E-state index >= 15 is 0 Å². The number of ether oxygens (including phenoxy) is 2. The van der Waals surface area contributed by atoms with Crippen LogP contribution in [0.3, 0.4) is 0 Å². The summed E-state index contributed by atoms with van der Waals surface area (Å²) in [5.41, 5.74) is 0. The van der Waals surface area contributed by atoms with E-state index in [9.17, 15) is 5.11 Å². The molecule has 3 nitrogen and oxygen atoms in total. The molecule has 94 valence electrons. The van der Waals surface area contributed by atoms with Gasteiger partial charge in [0.1, 0.15) is 11.5 Å². The lowest BCUT2D eigenvalue weighted by Gasteiger charge is -2.14. The molecule has 1 N–H and O–H groups in total. The highest BCUT2D eigenvalue weighted by atomic mass is 16.5. The first-order chi connectivity index (χ1) is 8.65. The Bertz CT molecular complexity index is 503. The maximum Gasteiger partial charge on any atom is 0.169 e. The molecular formula is C15H16O3. The summed E-state index contributed by atoms with van der Waals surface area (Å²) in [5.74, 6) is 2.25. The molecule has 0 heterocycles. The quantitative estimate of drug-likeness (QED) is 0.884. The van der Waals surface area contributed by atoms with Crippen LogP contribution in [0.4, 0.5) is 0 Å². The Hall–Kier alpha value is -2.16. The van der Waals surface area contributed by atoms with Crippen LogP contribution < -0.4 is 9.47 Å². The number of phenolic OH excluding ortho intramolecular Hbond substituents is 1. The smallest absolute Gasteiger partial charge is 0.169 e. The highest BCUT2D eigenvalue weighted by Gasteiger charge is 2.07. The zero-order valence-corrected chi connectivity index (χ0v) is 10.5. The molecule has 0 saturated carbocycles. The molecule has 2 aromatic rings. The Labute approximate surface area is 107 Å². The SMILES string of the molecule is CC(C)Oc1ccccc1Oc1ccc(O)cc1. The third kappa shape index (κ3) is 3.17. The summed E-state index contributed by atoms with van der Waals surface area (Å²) in [6.07, 6.45) is 0.0922. The normalized spacial score (nSPS) is 10.4. The van der Waals surface area contributed by atoms with Crippen molar-refractivity contribution in [2.45, 2.75) is 20.0 Å². The van der Waals surface area contributed by atoms with E-state index in [1.54, 1.807) is 24.3 Å². The standard InChI is InChI=1S/C15H16O3/c1-11(2)17-14-5-3-4-6-15(14)18-13-9-7-12(16)8-10-13/h3-11,16H,1-2H3. The Balaban J connectivity index is 2.20. The van der Waals surface area contributed by atoms with Crippen molar-refractivity contribution in [3.63, 3.8) is 0 Å². The highest BCUT2D eigenvalue weighted by Crippen LogP contribution is 2.32. The molecule has 0 aliphatic carbocycles. The summed E-state index contributed by atoms with van der Waals surface area (Å²) in [6, 6.07) is 14.1. The number of aromatic hydroxyl groups is 1. The van der Waals surface area contributed by atoms with Gasteiger partial charge in [-0.2, -0.15) is 0 Å². The monoisotopic (exact) mass is 244 g/mol. The summed E-state index contributed by atoms with van der Waals surface area (Å²) in [7, 11) is 0. The topological polar surface area (TPSA) is 38.7 Å². The molecule has 18 heavy (non-hydrogen) atoms. The van der Waals surface area contributed by atoms with Crippen LogP contribution in [0.1, 0.15) is 13.8 Å². The van der Waals surface area contributed by atoms with Gasteiger partial charge in [0.15, 0.2) is 11.5 Å². The molecule has 0 spiro atoms. The predicted molar refractivity (Wildman–Crippen MR) is 70.4 cm³/mol. The minimum atomic E-state index is 0.0922. The van der Waals surface area contributed by atoms with Gasteiger partial charge in [-0.15, -0.1) is 0 Å². The molecule has 0 radical (unpaired) electrons. The highest BCUT2D eigenvalue weighted by molar-refractivity contribution is 5.43. The van der Waals surface area contributed by atoms with Gasteiger partial charge in [0, 0.05) is 0 Å². The van der Waals surface area contributed by atoms with Crippen LogP contribution in [-0.2, 0) is 0 Å². The molecular weight excluding hydrogens is 228 g/mol. The van der Waals surface area contributed by atoms with Crippen molar-refractivity contribution in [3.05, 3.63) is 48.5 Å². The van der Waals surface area contributed by atoms with Crippen molar-refractivity contribution in [1.29, 1.82) is 0 Å². The van der Waals surface area contributed by atoms with Gasteiger partial charge in [0.05, 0.1) is 6.10 Å². The first kappa shape index (κ1) is 12.3. The molecule has 3 heteroatoms. The summed E-state index contributed by atoms with van der Waals surface area (Å²) < 4.78 is 11.4. The molecule has 0 aliphatic heterocycles. The second-order valence-corrected chi connectivity index (χ2v) is 4.21. The first-order valence-electron chi connectivity index (χ1n) is 5.88. The molecule has 0 bridgehead atoms. The van der Waals surface area contributed by atoms with Crippen LogP contribution in [0, 0.1) is 0 Å². The lowest BCUT2D eigenvalue weighted by Crippen LogP contribution is -2.06. The van der Waals surface area contributed by atoms with Gasteiger partial charge in [-0.05, 0) is 50.2 Å². The van der Waals surface area contributed by atoms with Gasteiger partial charge in [-0.1, -0.05) is 12.1 Å². The van der Waals surface area contributed by atoms with Crippen molar-refractivity contribution in [3.8, 4) is 23.0 Å². The number of para-hydroxylation sites is 2. The van der Waals surface area contributed by atoms with E-state index < -0.39 is 0 Å². The maximum atomic E-state index is 9.22. The van der Waals surface area contributed by atoms with Crippen LogP contribution in [0.2, 0.25) is 0 Å². The molecule has 0 unspecified atom stereocenters. The Morgan fingerprint density at radius 2 is 1.50 bits per heavy atom. The van der Waals surface area contributed by atoms with Gasteiger partial charge < -0.3 is 14.6 Å². The largest absolute Gasteiger partial charge is 0.508 e. The summed E-state index contributed by atoms with van der Waals surface area (Å²) in [4.78, 5) is 0. The summed E-state index contributed by atoms with van der Waals surface area (Å²) in [6.45, 7) is 3.94. The Kier molecular flexibility index (Phi) is 3.72. The molecule has 0 saturated heterocycles. The minimum absolute atomic E-state index is 0.0922. The predicted octanol–water partition coefficient (Wildman–Crippen LogP) is 3.97. The third-order valence-electron chi connectivity index (χ3n) is 2.28. The van der Waals surface area contributed by atoms with E-state index in [1.165, 1.54) is 0 Å². The number of benzene rings is 2. The molecule has 2 rings (SSSR count). The lowest BCUT2D eigenvalue weighted by molar-refractivity contribution is 0.233. The number of hydrogen-bond donors (Lipinski definition) is 1. The van der Waals surface area contributed by atoms with Gasteiger partial charge in [0.2, 0.25) is 0 Å². The van der Waals surface area contributed by atoms with Gasteiger partial charge in [-0.25, -0.2) is 0 Å². The number of rotatable bonds is 4. The fourth-order valence-corrected chi connectivity index (χ4v) is 1.53. The first-order valence-corrected chi connectivity index (χ1v) is 5.88. The number of phenols is 1. The van der Waals surface area contributed by atoms with Crippen LogP contribution in [0.15, 0.2) is 48.5 Å². The molecule has 0 aliphatic rings. The minimum Gasteiger partial charge on any atom is -0.508 e. The Morgan fingerprint density at radius 1 is 0.889 bits per heavy atom. The fourth-order valence-electron chi connectivity index (χ4n) is 1.53. The van der Waals surface area contributed by atoms with E-state index in [0.29, 0.717) is 17.2 Å². The Morgan fingerprint density at radius 3 is 2.11 bits per heavy atom. The van der Waals surface area contributed by atoms with Crippen molar-refractivity contribution in [2.75, 3.05) is 0 Å². The summed E-state index contributed by atoms with van der Waals surface area (Å²) >= 11 is 0. The van der Waals surface area contributed by atoms with E-state index in [1.807, 2.05) is 38.1 Å². The average Bonchev–Trinajstić information content (AvgIpc) is 2.34. The molecule has 0 aromatic heterocycles. The van der Waals surface area contributed by atoms with Crippen LogP contribution in [-0.4, -0.2) is 11.2 Å². The van der Waals surface area contributed by atoms with Crippen molar-refractivity contribution >= 4 is 0 Å². The van der Waals surface area contributed by atoms with Crippen LogP contribution >= 0.6 is 0 Å². The third-order valence-corrected chi connectivity index (χ3v) is 2.28. The maximum absolute atomic E-state index is 9.22. The van der Waals surface area contributed by atoms with Crippen molar-refractivity contribution in [2.24, 2.45) is 0 Å². The zero-order chi connectivity index (χ0) is 13.0. The van der Waals surface area contributed by atoms with E-state index in [0.717, 1.165) is 0 Å². The van der Waals surface area contributed by atoms with E-state index in [-0.39, 0.29) is 11.9 Å². The van der Waals surface area contributed by atoms with Gasteiger partial charge >= 0.3 is 0 Å². The number of hydrogen-bond acceptors (Lipinski definition) is 3. The van der Waals surface area contributed by atoms with Crippen LogP contribution in [0.5, 0.6) is 23.0 Å². The second kappa shape index (κ2) is 5.45. The lowest BCUT2D eigenvalue weighted by atomic mass is 10.3. The van der Waals surface area contributed by atoms with E-state index in [2.05, 4.69) is 0 Å². The summed E-state index contributed by atoms with van der Waals surface area (Å²) in [5, 5.41) is 9.22. The second-order valence-electron chi connectivity index (χ2n) is 4.21. The molecule has 0 amide bonds. The van der Waals surface area contributed by atoms with Crippen LogP contribution in [0.25, 0.3) is 0 Å². The average molecular weight is 244 g/mol.